The number of carbonyl (C=O) groups excluding carboxylic acids is 1. The highest BCUT2D eigenvalue weighted by Gasteiger charge is 2.29. The Morgan fingerprint density at radius 1 is 0.900 bits per heavy atom. The molecule has 3 heterocycles. The lowest BCUT2D eigenvalue weighted by Crippen LogP contribution is -2.32. The molecule has 0 saturated heterocycles. The molecule has 7 nitrogen and oxygen atoms in total. The summed E-state index contributed by atoms with van der Waals surface area (Å²) in [5.74, 6) is -0.573. The highest BCUT2D eigenvalue weighted by molar-refractivity contribution is 7.90. The predicted octanol–water partition coefficient (Wildman–Crippen LogP) is 3.34. The van der Waals surface area contributed by atoms with E-state index in [9.17, 15) is 18.0 Å². The van der Waals surface area contributed by atoms with E-state index < -0.39 is 21.6 Å². The first kappa shape index (κ1) is 18.5. The van der Waals surface area contributed by atoms with Crippen molar-refractivity contribution in [2.24, 2.45) is 0 Å². The van der Waals surface area contributed by atoms with Crippen molar-refractivity contribution in [3.05, 3.63) is 93.7 Å². The van der Waals surface area contributed by atoms with Crippen LogP contribution in [0, 0.1) is 0 Å². The summed E-state index contributed by atoms with van der Waals surface area (Å²) >= 11 is 1.18. The Bertz CT molecular complexity index is 1590. The lowest BCUT2D eigenvalue weighted by Gasteiger charge is -2.08. The number of para-hydroxylation sites is 3. The molecule has 148 valence electrons. The van der Waals surface area contributed by atoms with Gasteiger partial charge in [0.05, 0.1) is 21.4 Å². The molecule has 2 aromatic carbocycles. The fourth-order valence-corrected chi connectivity index (χ4v) is 5.66. The molecule has 0 bridgehead atoms. The van der Waals surface area contributed by atoms with Crippen molar-refractivity contribution in [1.29, 1.82) is 0 Å². The van der Waals surface area contributed by atoms with E-state index in [0.717, 1.165) is 4.57 Å². The van der Waals surface area contributed by atoms with Gasteiger partial charge in [-0.05, 0) is 35.7 Å². The molecule has 0 aliphatic carbocycles. The van der Waals surface area contributed by atoms with Gasteiger partial charge in [0.2, 0.25) is 0 Å². The van der Waals surface area contributed by atoms with Gasteiger partial charge < -0.3 is 0 Å². The maximum atomic E-state index is 13.6. The molecule has 5 aromatic rings. The van der Waals surface area contributed by atoms with Crippen molar-refractivity contribution >= 4 is 49.2 Å². The third kappa shape index (κ3) is 2.63. The number of carbonyl (C=O) groups is 1. The number of hydrogen-bond donors (Lipinski definition) is 0. The molecule has 0 atom stereocenters. The van der Waals surface area contributed by atoms with Gasteiger partial charge in [0.1, 0.15) is 4.90 Å². The largest absolute Gasteiger partial charge is 0.350 e. The number of fused-ring (bicyclic) bond motifs is 2. The van der Waals surface area contributed by atoms with Crippen LogP contribution in [0.3, 0.4) is 0 Å². The molecule has 0 radical (unpaired) electrons. The third-order valence-electron chi connectivity index (χ3n) is 4.76. The minimum absolute atomic E-state index is 0.103. The van der Waals surface area contributed by atoms with Crippen LogP contribution in [0.4, 0.5) is 0 Å². The van der Waals surface area contributed by atoms with E-state index >= 15 is 0 Å². The minimum Gasteiger partial charge on any atom is -0.267 e. The zero-order chi connectivity index (χ0) is 20.9. The van der Waals surface area contributed by atoms with Crippen molar-refractivity contribution in [1.82, 2.24) is 13.5 Å². The number of hydrogen-bond acceptors (Lipinski definition) is 6. The smallest absolute Gasteiger partial charge is 0.267 e. The summed E-state index contributed by atoms with van der Waals surface area (Å²) in [5, 5.41) is 2.35. The Morgan fingerprint density at radius 2 is 1.67 bits per heavy atom. The average molecular weight is 435 g/mol. The second kappa shape index (κ2) is 6.75. The average Bonchev–Trinajstić information content (AvgIpc) is 3.39. The number of thiophene rings is 1. The molecule has 0 aliphatic heterocycles. The number of imidazole rings is 1. The fraction of sp³-hybridized carbons (Fsp3) is 0. The van der Waals surface area contributed by atoms with E-state index in [4.69, 9.17) is 0 Å². The van der Waals surface area contributed by atoms with Crippen LogP contribution in [0.15, 0.2) is 88.0 Å². The molecule has 5 rings (SSSR count). The minimum atomic E-state index is -4.33. The molecule has 0 spiro atoms. The molecule has 0 saturated carbocycles. The molecule has 0 fully saturated rings. The van der Waals surface area contributed by atoms with E-state index in [0.29, 0.717) is 14.2 Å². The summed E-state index contributed by atoms with van der Waals surface area (Å²) in [7, 11) is -4.33. The molecule has 30 heavy (non-hydrogen) atoms. The van der Waals surface area contributed by atoms with Crippen LogP contribution in [0.1, 0.15) is 9.67 Å². The van der Waals surface area contributed by atoms with Gasteiger partial charge in [-0.2, -0.15) is 3.97 Å². The van der Waals surface area contributed by atoms with Gasteiger partial charge in [0.15, 0.2) is 0 Å². The van der Waals surface area contributed by atoms with E-state index in [1.807, 2.05) is 0 Å². The second-order valence-corrected chi connectivity index (χ2v) is 9.19. The SMILES string of the molecule is O=C(c1cccs1)n1c(=O)n(S(=O)(=O)c2cccc3cccnc23)c2ccccc21. The molecule has 0 amide bonds. The number of nitrogens with zero attached hydrogens (tertiary/aromatic N) is 3. The molecular weight excluding hydrogens is 422 g/mol. The van der Waals surface area contributed by atoms with E-state index in [2.05, 4.69) is 4.98 Å². The Labute approximate surface area is 174 Å². The number of aromatic nitrogens is 3. The quantitative estimate of drug-likeness (QED) is 0.434. The van der Waals surface area contributed by atoms with E-state index in [1.54, 1.807) is 60.0 Å². The van der Waals surface area contributed by atoms with Gasteiger partial charge in [-0.1, -0.05) is 36.4 Å². The Balaban J connectivity index is 1.85. The molecule has 0 unspecified atom stereocenters. The van der Waals surface area contributed by atoms with Crippen LogP contribution < -0.4 is 5.69 Å². The van der Waals surface area contributed by atoms with Crippen LogP contribution in [-0.2, 0) is 10.0 Å². The van der Waals surface area contributed by atoms with Crippen LogP contribution in [0.5, 0.6) is 0 Å². The normalized spacial score (nSPS) is 11.9. The van der Waals surface area contributed by atoms with E-state index in [1.165, 1.54) is 29.7 Å². The van der Waals surface area contributed by atoms with Gasteiger partial charge in [-0.25, -0.2) is 17.8 Å². The maximum absolute atomic E-state index is 13.6. The molecule has 3 aromatic heterocycles. The van der Waals surface area contributed by atoms with Crippen molar-refractivity contribution < 1.29 is 13.2 Å². The topological polar surface area (TPSA) is 91.0 Å². The van der Waals surface area contributed by atoms with Gasteiger partial charge >= 0.3 is 5.69 Å². The lowest BCUT2D eigenvalue weighted by atomic mass is 10.2. The summed E-state index contributed by atoms with van der Waals surface area (Å²) < 4.78 is 28.8. The first-order chi connectivity index (χ1) is 14.5. The molecule has 0 N–H and O–H groups in total. The van der Waals surface area contributed by atoms with Crippen LogP contribution in [0.2, 0.25) is 0 Å². The fourth-order valence-electron chi connectivity index (χ4n) is 3.44. The summed E-state index contributed by atoms with van der Waals surface area (Å²) in [4.78, 5) is 30.7. The van der Waals surface area contributed by atoms with Gasteiger partial charge in [-0.3, -0.25) is 9.78 Å². The number of rotatable bonds is 3. The zero-order valence-corrected chi connectivity index (χ0v) is 16.9. The highest BCUT2D eigenvalue weighted by Crippen LogP contribution is 2.25. The van der Waals surface area contributed by atoms with E-state index in [-0.39, 0.29) is 21.4 Å². The molecule has 0 aliphatic rings. The highest BCUT2D eigenvalue weighted by atomic mass is 32.2. The van der Waals surface area contributed by atoms with Gasteiger partial charge in [0.25, 0.3) is 15.9 Å². The van der Waals surface area contributed by atoms with Crippen molar-refractivity contribution in [3.63, 3.8) is 0 Å². The van der Waals surface area contributed by atoms with Crippen molar-refractivity contribution in [3.8, 4) is 0 Å². The summed E-state index contributed by atoms with van der Waals surface area (Å²) in [6.07, 6.45) is 1.49. The van der Waals surface area contributed by atoms with Crippen molar-refractivity contribution in [2.75, 3.05) is 0 Å². The van der Waals surface area contributed by atoms with Crippen molar-refractivity contribution in [2.45, 2.75) is 4.90 Å². The summed E-state index contributed by atoms with van der Waals surface area (Å²) in [6, 6.07) is 17.8. The Morgan fingerprint density at radius 3 is 2.43 bits per heavy atom. The first-order valence-electron chi connectivity index (χ1n) is 8.90. The standard InChI is InChI=1S/C21H13N3O4S2/c25-20(17-10-5-13-29-17)23-15-8-1-2-9-16(15)24(21(23)26)30(27,28)18-11-3-6-14-7-4-12-22-19(14)18/h1-13H. The second-order valence-electron chi connectivity index (χ2n) is 6.49. The van der Waals surface area contributed by atoms with Crippen LogP contribution in [-0.4, -0.2) is 27.8 Å². The zero-order valence-electron chi connectivity index (χ0n) is 15.3. The summed E-state index contributed by atoms with van der Waals surface area (Å²) in [5.41, 5.74) is -0.339. The predicted molar refractivity (Wildman–Crippen MR) is 115 cm³/mol. The monoisotopic (exact) mass is 435 g/mol. The maximum Gasteiger partial charge on any atom is 0.350 e. The van der Waals surface area contributed by atoms with Gasteiger partial charge in [0, 0.05) is 11.6 Å². The summed E-state index contributed by atoms with van der Waals surface area (Å²) in [6.45, 7) is 0. The Hall–Kier alpha value is -3.56. The molecular formula is C21H13N3O4S2. The molecule has 9 heteroatoms. The first-order valence-corrected chi connectivity index (χ1v) is 11.2. The lowest BCUT2D eigenvalue weighted by molar-refractivity contribution is 0.0965. The van der Waals surface area contributed by atoms with Gasteiger partial charge in [-0.15, -0.1) is 11.3 Å². The van der Waals surface area contributed by atoms with Crippen LogP contribution in [0.25, 0.3) is 21.9 Å². The third-order valence-corrected chi connectivity index (χ3v) is 7.33. The number of benzene rings is 2. The Kier molecular flexibility index (Phi) is 4.16. The van der Waals surface area contributed by atoms with Crippen LogP contribution >= 0.6 is 11.3 Å². The number of pyridine rings is 1.